The number of fused-ring (bicyclic) bond motifs is 1. The van der Waals surface area contributed by atoms with Gasteiger partial charge < -0.3 is 0 Å². The summed E-state index contributed by atoms with van der Waals surface area (Å²) in [6.07, 6.45) is 4.03. The zero-order valence-electron chi connectivity index (χ0n) is 17.1. The lowest BCUT2D eigenvalue weighted by molar-refractivity contribution is -0.384. The topological polar surface area (TPSA) is 92.6 Å². The Morgan fingerprint density at radius 2 is 1.97 bits per heavy atom. The minimum absolute atomic E-state index is 0. The number of rotatable bonds is 9. The molecule has 0 unspecified atom stereocenters. The molecule has 1 aromatic carbocycles. The van der Waals surface area contributed by atoms with Crippen LogP contribution in [0.5, 0.6) is 0 Å². The molecule has 0 amide bonds. The molecule has 0 aliphatic carbocycles. The van der Waals surface area contributed by atoms with Gasteiger partial charge in [0.25, 0.3) is 5.69 Å². The Morgan fingerprint density at radius 3 is 2.60 bits per heavy atom. The second kappa shape index (κ2) is 10.7. The van der Waals surface area contributed by atoms with Gasteiger partial charge >= 0.3 is 0 Å². The minimum atomic E-state index is -3.67. The second-order valence-corrected chi connectivity index (χ2v) is 10.1. The van der Waals surface area contributed by atoms with Gasteiger partial charge in [0.1, 0.15) is 0 Å². The first-order valence-electron chi connectivity index (χ1n) is 9.89. The third-order valence-electron chi connectivity index (χ3n) is 5.45. The predicted molar refractivity (Wildman–Crippen MR) is 122 cm³/mol. The highest BCUT2D eigenvalue weighted by atomic mass is 35.5. The van der Waals surface area contributed by atoms with E-state index in [-0.39, 0.29) is 23.0 Å². The summed E-state index contributed by atoms with van der Waals surface area (Å²) < 4.78 is 27.5. The van der Waals surface area contributed by atoms with Crippen molar-refractivity contribution in [1.29, 1.82) is 0 Å². The molecule has 1 aliphatic heterocycles. The van der Waals surface area contributed by atoms with Gasteiger partial charge in [-0.05, 0) is 55.3 Å². The molecule has 2 atom stereocenters. The molecule has 1 N–H and O–H groups in total. The van der Waals surface area contributed by atoms with Crippen LogP contribution in [0.3, 0.4) is 0 Å². The number of nitro benzene ring substituents is 1. The summed E-state index contributed by atoms with van der Waals surface area (Å²) in [4.78, 5) is 14.1. The van der Waals surface area contributed by atoms with E-state index in [0.29, 0.717) is 25.0 Å². The fourth-order valence-corrected chi connectivity index (χ4v) is 6.08. The maximum Gasteiger partial charge on any atom is 0.269 e. The van der Waals surface area contributed by atoms with Crippen molar-refractivity contribution in [3.8, 4) is 0 Å². The van der Waals surface area contributed by atoms with Gasteiger partial charge in [-0.2, -0.15) is 0 Å². The summed E-state index contributed by atoms with van der Waals surface area (Å²) in [5, 5.41) is 12.9. The molecule has 0 bridgehead atoms. The normalized spacial score (nSPS) is 19.1. The summed E-state index contributed by atoms with van der Waals surface area (Å²) in [7, 11) is -3.67. The van der Waals surface area contributed by atoms with Crippen LogP contribution in [0.1, 0.15) is 49.6 Å². The molecule has 1 aliphatic rings. The second-order valence-electron chi connectivity index (χ2n) is 7.37. The fraction of sp³-hybridized carbons (Fsp3) is 0.500. The Labute approximate surface area is 188 Å². The van der Waals surface area contributed by atoms with Crippen LogP contribution in [0.4, 0.5) is 5.69 Å². The standard InChI is InChI=1S/C20H27N3O4S2.ClH/c1-3-5-18-14-16-10-13-28-20(16)15(2)22(18)12-4-11-21-29(26,27)19-8-6-17(7-9-19)23(24)25;/h6-10,13,15,18,21H,3-5,11-12,14H2,1-2H3;1H/t15-,18+;/m0./s1. The summed E-state index contributed by atoms with van der Waals surface area (Å²) >= 11 is 1.80. The van der Waals surface area contributed by atoms with Crippen molar-refractivity contribution in [2.45, 2.75) is 56.5 Å². The Balaban J connectivity index is 0.00000320. The zero-order chi connectivity index (χ0) is 21.0. The molecular weight excluding hydrogens is 446 g/mol. The molecule has 166 valence electrons. The van der Waals surface area contributed by atoms with Crippen LogP contribution in [0.15, 0.2) is 40.6 Å². The van der Waals surface area contributed by atoms with Gasteiger partial charge in [0.2, 0.25) is 10.0 Å². The van der Waals surface area contributed by atoms with Crippen LogP contribution in [0.25, 0.3) is 0 Å². The molecule has 3 rings (SSSR count). The van der Waals surface area contributed by atoms with Crippen molar-refractivity contribution in [3.63, 3.8) is 0 Å². The number of hydrogen-bond acceptors (Lipinski definition) is 6. The van der Waals surface area contributed by atoms with Crippen molar-refractivity contribution in [1.82, 2.24) is 9.62 Å². The van der Waals surface area contributed by atoms with Crippen molar-refractivity contribution >= 4 is 39.5 Å². The number of nitrogens with zero attached hydrogens (tertiary/aromatic N) is 2. The van der Waals surface area contributed by atoms with Crippen molar-refractivity contribution in [2.75, 3.05) is 13.1 Å². The number of nitro groups is 1. The first-order valence-corrected chi connectivity index (χ1v) is 12.3. The first-order chi connectivity index (χ1) is 13.8. The van der Waals surface area contributed by atoms with Gasteiger partial charge in [-0.1, -0.05) is 13.3 Å². The molecule has 10 heteroatoms. The number of halogens is 1. The maximum absolute atomic E-state index is 12.4. The molecule has 0 saturated carbocycles. The van der Waals surface area contributed by atoms with Gasteiger partial charge in [0, 0.05) is 42.2 Å². The molecule has 0 fully saturated rings. The minimum Gasteiger partial charge on any atom is -0.292 e. The highest BCUT2D eigenvalue weighted by Crippen LogP contribution is 2.37. The van der Waals surface area contributed by atoms with E-state index < -0.39 is 14.9 Å². The first kappa shape index (κ1) is 24.7. The molecule has 2 aromatic rings. The van der Waals surface area contributed by atoms with Crippen LogP contribution in [0.2, 0.25) is 0 Å². The van der Waals surface area contributed by atoms with Gasteiger partial charge in [0.05, 0.1) is 9.82 Å². The van der Waals surface area contributed by atoms with E-state index in [1.807, 2.05) is 0 Å². The lowest BCUT2D eigenvalue weighted by atomic mass is 9.92. The molecular formula is C20H28ClN3O4S2. The quantitative estimate of drug-likeness (QED) is 0.328. The third-order valence-corrected chi connectivity index (χ3v) is 8.05. The molecule has 1 aromatic heterocycles. The van der Waals surface area contributed by atoms with E-state index >= 15 is 0 Å². The van der Waals surface area contributed by atoms with Crippen molar-refractivity contribution in [3.05, 3.63) is 56.3 Å². The van der Waals surface area contributed by atoms with Crippen LogP contribution < -0.4 is 4.72 Å². The van der Waals surface area contributed by atoms with Crippen LogP contribution in [-0.4, -0.2) is 37.4 Å². The van der Waals surface area contributed by atoms with E-state index in [1.165, 1.54) is 34.7 Å². The average Bonchev–Trinajstić information content (AvgIpc) is 3.16. The molecule has 30 heavy (non-hydrogen) atoms. The lowest BCUT2D eigenvalue weighted by Gasteiger charge is -2.40. The number of nitrogens with one attached hydrogen (secondary N) is 1. The van der Waals surface area contributed by atoms with Gasteiger partial charge in [-0.25, -0.2) is 13.1 Å². The fourth-order valence-electron chi connectivity index (χ4n) is 4.00. The number of sulfonamides is 1. The van der Waals surface area contributed by atoms with Crippen LogP contribution >= 0.6 is 23.7 Å². The molecule has 0 saturated heterocycles. The Hall–Kier alpha value is -1.52. The highest BCUT2D eigenvalue weighted by Gasteiger charge is 2.31. The third kappa shape index (κ3) is 5.59. The summed E-state index contributed by atoms with van der Waals surface area (Å²) in [6, 6.07) is 8.01. The van der Waals surface area contributed by atoms with E-state index in [0.717, 1.165) is 25.8 Å². The zero-order valence-corrected chi connectivity index (χ0v) is 19.6. The van der Waals surface area contributed by atoms with Gasteiger partial charge in [0.15, 0.2) is 0 Å². The predicted octanol–water partition coefficient (Wildman–Crippen LogP) is 4.53. The summed E-state index contributed by atoms with van der Waals surface area (Å²) in [5.41, 5.74) is 1.33. The Morgan fingerprint density at radius 1 is 1.27 bits per heavy atom. The summed E-state index contributed by atoms with van der Waals surface area (Å²) in [6.45, 7) is 5.59. The average molecular weight is 474 g/mol. The monoisotopic (exact) mass is 473 g/mol. The molecule has 2 heterocycles. The van der Waals surface area contributed by atoms with E-state index in [4.69, 9.17) is 0 Å². The van der Waals surface area contributed by atoms with E-state index in [9.17, 15) is 18.5 Å². The molecule has 0 radical (unpaired) electrons. The smallest absolute Gasteiger partial charge is 0.269 e. The molecule has 0 spiro atoms. The number of thiophene rings is 1. The highest BCUT2D eigenvalue weighted by molar-refractivity contribution is 7.89. The number of non-ortho nitro benzene ring substituents is 1. The Bertz CT molecular complexity index is 947. The van der Waals surface area contributed by atoms with Crippen molar-refractivity contribution in [2.24, 2.45) is 0 Å². The Kier molecular flexibility index (Phi) is 8.81. The van der Waals surface area contributed by atoms with E-state index in [1.54, 1.807) is 11.3 Å². The van der Waals surface area contributed by atoms with Crippen LogP contribution in [-0.2, 0) is 16.4 Å². The van der Waals surface area contributed by atoms with Gasteiger partial charge in [-0.15, -0.1) is 23.7 Å². The maximum atomic E-state index is 12.4. The van der Waals surface area contributed by atoms with Crippen molar-refractivity contribution < 1.29 is 13.3 Å². The van der Waals surface area contributed by atoms with E-state index in [2.05, 4.69) is 34.9 Å². The van der Waals surface area contributed by atoms with Crippen LogP contribution in [0, 0.1) is 10.1 Å². The van der Waals surface area contributed by atoms with Gasteiger partial charge in [-0.3, -0.25) is 15.0 Å². The number of benzene rings is 1. The summed E-state index contributed by atoms with van der Waals surface area (Å²) in [5.74, 6) is 0. The SMILES string of the molecule is CCC[C@@H]1Cc2ccsc2[C@H](C)N1CCCNS(=O)(=O)c1ccc([N+](=O)[O-])cc1.Cl. The molecule has 7 nitrogen and oxygen atoms in total. The lowest BCUT2D eigenvalue weighted by Crippen LogP contribution is -2.43. The number of hydrogen-bond donors (Lipinski definition) is 1. The largest absolute Gasteiger partial charge is 0.292 e.